The van der Waals surface area contributed by atoms with Crippen molar-refractivity contribution in [3.63, 3.8) is 0 Å². The average Bonchev–Trinajstić information content (AvgIpc) is 1.87. The molecule has 0 atom stereocenters. The maximum atomic E-state index is 10.2. The van der Waals surface area contributed by atoms with Gasteiger partial charge in [-0.25, -0.2) is 4.79 Å². The Morgan fingerprint density at radius 3 is 1.58 bits per heavy atom. The Hall–Kier alpha value is -1.26. The Balaban J connectivity index is 0. The van der Waals surface area contributed by atoms with Crippen LogP contribution in [0.15, 0.2) is 0 Å². The van der Waals surface area contributed by atoms with Crippen molar-refractivity contribution in [1.29, 1.82) is 0 Å². The maximum Gasteiger partial charge on any atom is 0.508 e. The van der Waals surface area contributed by atoms with Gasteiger partial charge < -0.3 is 14.6 Å². The maximum absolute atomic E-state index is 10.2. The van der Waals surface area contributed by atoms with Gasteiger partial charge in [0.25, 0.3) is 5.97 Å². The predicted molar refractivity (Wildman–Crippen MR) is 42.0 cm³/mol. The summed E-state index contributed by atoms with van der Waals surface area (Å²) >= 11 is 0. The molecule has 0 rings (SSSR count). The van der Waals surface area contributed by atoms with Gasteiger partial charge in [-0.1, -0.05) is 0 Å². The summed E-state index contributed by atoms with van der Waals surface area (Å²) in [7, 11) is 0. The first-order chi connectivity index (χ1) is 5.54. The van der Waals surface area contributed by atoms with Crippen molar-refractivity contribution in [2.45, 2.75) is 20.8 Å². The number of hydrogen-bond donors (Lipinski definition) is 1. The Morgan fingerprint density at radius 1 is 1.17 bits per heavy atom. The minimum Gasteiger partial charge on any atom is -0.481 e. The number of ether oxygens (including phenoxy) is 2. The van der Waals surface area contributed by atoms with Gasteiger partial charge in [0.05, 0.1) is 13.2 Å². The Bertz CT molecular complexity index is 120. The summed E-state index contributed by atoms with van der Waals surface area (Å²) < 4.78 is 8.84. The van der Waals surface area contributed by atoms with E-state index in [9.17, 15) is 4.79 Å². The highest BCUT2D eigenvalue weighted by molar-refractivity contribution is 5.62. The second kappa shape index (κ2) is 9.74. The number of rotatable bonds is 2. The van der Waals surface area contributed by atoms with E-state index in [1.54, 1.807) is 13.8 Å². The molecule has 12 heavy (non-hydrogen) atoms. The van der Waals surface area contributed by atoms with Crippen LogP contribution in [0, 0.1) is 0 Å². The van der Waals surface area contributed by atoms with Gasteiger partial charge in [-0.05, 0) is 13.8 Å². The molecule has 0 saturated carbocycles. The van der Waals surface area contributed by atoms with Crippen molar-refractivity contribution in [2.75, 3.05) is 13.2 Å². The number of carbonyl (C=O) groups excluding carboxylic acids is 1. The van der Waals surface area contributed by atoms with Crippen LogP contribution >= 0.6 is 0 Å². The van der Waals surface area contributed by atoms with E-state index in [1.165, 1.54) is 0 Å². The van der Waals surface area contributed by atoms with Crippen LogP contribution in [0.2, 0.25) is 0 Å². The molecule has 0 unspecified atom stereocenters. The zero-order valence-electron chi connectivity index (χ0n) is 7.49. The first kappa shape index (κ1) is 13.3. The van der Waals surface area contributed by atoms with E-state index >= 15 is 0 Å². The molecular formula is C7H14O5. The van der Waals surface area contributed by atoms with Gasteiger partial charge in [0, 0.05) is 6.92 Å². The quantitative estimate of drug-likeness (QED) is 0.644. The van der Waals surface area contributed by atoms with Crippen LogP contribution in [-0.2, 0) is 14.3 Å². The minimum absolute atomic E-state index is 0.374. The lowest BCUT2D eigenvalue weighted by molar-refractivity contribution is -0.134. The topological polar surface area (TPSA) is 72.8 Å². The molecule has 5 nitrogen and oxygen atoms in total. The molecule has 0 saturated heterocycles. The lowest BCUT2D eigenvalue weighted by atomic mass is 10.8. The summed E-state index contributed by atoms with van der Waals surface area (Å²) in [5, 5.41) is 7.42. The van der Waals surface area contributed by atoms with Gasteiger partial charge >= 0.3 is 6.16 Å². The molecule has 0 aliphatic rings. The largest absolute Gasteiger partial charge is 0.508 e. The molecule has 1 N–H and O–H groups in total. The third-order valence-electron chi connectivity index (χ3n) is 0.524. The summed E-state index contributed by atoms with van der Waals surface area (Å²) in [4.78, 5) is 19.2. The molecule has 0 aromatic carbocycles. The molecular weight excluding hydrogens is 164 g/mol. The van der Waals surface area contributed by atoms with Crippen molar-refractivity contribution in [3.05, 3.63) is 0 Å². The van der Waals surface area contributed by atoms with Crippen molar-refractivity contribution in [3.8, 4) is 0 Å². The highest BCUT2D eigenvalue weighted by Gasteiger charge is 1.96. The van der Waals surface area contributed by atoms with Gasteiger partial charge in [0.15, 0.2) is 0 Å². The highest BCUT2D eigenvalue weighted by Crippen LogP contribution is 1.81. The van der Waals surface area contributed by atoms with Gasteiger partial charge in [-0.15, -0.1) is 0 Å². The predicted octanol–water partition coefficient (Wildman–Crippen LogP) is 1.27. The first-order valence-corrected chi connectivity index (χ1v) is 3.53. The van der Waals surface area contributed by atoms with E-state index in [0.29, 0.717) is 13.2 Å². The second-order valence-corrected chi connectivity index (χ2v) is 1.64. The number of hydrogen-bond acceptors (Lipinski definition) is 4. The van der Waals surface area contributed by atoms with E-state index in [1.807, 2.05) is 0 Å². The highest BCUT2D eigenvalue weighted by atomic mass is 16.7. The molecule has 0 heterocycles. The van der Waals surface area contributed by atoms with E-state index in [-0.39, 0.29) is 0 Å². The first-order valence-electron chi connectivity index (χ1n) is 3.53. The van der Waals surface area contributed by atoms with Gasteiger partial charge in [-0.2, -0.15) is 0 Å². The lowest BCUT2D eigenvalue weighted by Gasteiger charge is -1.98. The van der Waals surface area contributed by atoms with Crippen LogP contribution in [0.25, 0.3) is 0 Å². The van der Waals surface area contributed by atoms with Crippen molar-refractivity contribution in [1.82, 2.24) is 0 Å². The summed E-state index contributed by atoms with van der Waals surface area (Å²) in [6.45, 7) is 5.30. The molecule has 0 bridgehead atoms. The van der Waals surface area contributed by atoms with E-state index in [2.05, 4.69) is 9.47 Å². The van der Waals surface area contributed by atoms with Crippen molar-refractivity contribution in [2.24, 2.45) is 0 Å². The van der Waals surface area contributed by atoms with Crippen LogP contribution in [0.5, 0.6) is 0 Å². The molecule has 72 valence electrons. The lowest BCUT2D eigenvalue weighted by Crippen LogP contribution is -2.05. The smallest absolute Gasteiger partial charge is 0.481 e. The fourth-order valence-corrected chi connectivity index (χ4v) is 0.277. The van der Waals surface area contributed by atoms with E-state index in [0.717, 1.165) is 6.92 Å². The summed E-state index contributed by atoms with van der Waals surface area (Å²) in [5.41, 5.74) is 0. The van der Waals surface area contributed by atoms with Gasteiger partial charge in [-0.3, -0.25) is 4.79 Å². The average molecular weight is 178 g/mol. The third-order valence-corrected chi connectivity index (χ3v) is 0.524. The molecule has 0 fully saturated rings. The van der Waals surface area contributed by atoms with Crippen molar-refractivity contribution >= 4 is 12.1 Å². The molecule has 0 amide bonds. The third kappa shape index (κ3) is 23.3. The van der Waals surface area contributed by atoms with E-state index < -0.39 is 12.1 Å². The van der Waals surface area contributed by atoms with Crippen LogP contribution in [0.1, 0.15) is 20.8 Å². The van der Waals surface area contributed by atoms with Gasteiger partial charge in [0.2, 0.25) is 0 Å². The minimum atomic E-state index is -0.833. The monoisotopic (exact) mass is 178 g/mol. The SMILES string of the molecule is CC(=O)O.CCOC(=O)OCC. The van der Waals surface area contributed by atoms with Crippen LogP contribution < -0.4 is 0 Å². The molecule has 0 aliphatic heterocycles. The second-order valence-electron chi connectivity index (χ2n) is 1.64. The zero-order chi connectivity index (χ0) is 9.98. The fourth-order valence-electron chi connectivity index (χ4n) is 0.277. The zero-order valence-corrected chi connectivity index (χ0v) is 7.49. The number of carbonyl (C=O) groups is 2. The summed E-state index contributed by atoms with van der Waals surface area (Å²) in [5.74, 6) is -0.833. The van der Waals surface area contributed by atoms with E-state index in [4.69, 9.17) is 9.90 Å². The Labute approximate surface area is 71.3 Å². The molecule has 5 heteroatoms. The van der Waals surface area contributed by atoms with Crippen molar-refractivity contribution < 1.29 is 24.2 Å². The van der Waals surface area contributed by atoms with Crippen LogP contribution in [0.3, 0.4) is 0 Å². The Morgan fingerprint density at radius 2 is 1.42 bits per heavy atom. The normalized spacial score (nSPS) is 7.58. The molecule has 0 spiro atoms. The summed E-state index contributed by atoms with van der Waals surface area (Å²) in [6.07, 6.45) is -0.588. The van der Waals surface area contributed by atoms with Crippen LogP contribution in [0.4, 0.5) is 4.79 Å². The molecule has 0 radical (unpaired) electrons. The van der Waals surface area contributed by atoms with Crippen LogP contribution in [-0.4, -0.2) is 30.4 Å². The summed E-state index contributed by atoms with van der Waals surface area (Å²) in [6, 6.07) is 0. The number of carboxylic acid groups (broad SMARTS) is 1. The number of aliphatic carboxylic acids is 1. The molecule has 0 aromatic rings. The number of carboxylic acids is 1. The van der Waals surface area contributed by atoms with Gasteiger partial charge in [0.1, 0.15) is 0 Å². The molecule has 0 aliphatic carbocycles. The Kier molecular flexibility index (Phi) is 10.8. The fraction of sp³-hybridized carbons (Fsp3) is 0.714. The standard InChI is InChI=1S/C5H10O3.C2H4O2/c1-3-7-5(6)8-4-2;1-2(3)4/h3-4H2,1-2H3;1H3,(H,3,4). The molecule has 0 aromatic heterocycles.